The molecule has 0 saturated carbocycles. The highest BCUT2D eigenvalue weighted by Gasteiger charge is 2.36. The molecule has 6 heteroatoms. The van der Waals surface area contributed by atoms with Crippen molar-refractivity contribution in [3.8, 4) is 0 Å². The molecule has 0 radical (unpaired) electrons. The number of benzene rings is 1. The summed E-state index contributed by atoms with van der Waals surface area (Å²) in [6, 6.07) is 9.93. The number of allylic oxidation sites excluding steroid dienone is 1. The van der Waals surface area contributed by atoms with Crippen LogP contribution in [0.25, 0.3) is 6.08 Å². The zero-order chi connectivity index (χ0) is 15.2. The topological polar surface area (TPSA) is 59.4 Å². The van der Waals surface area contributed by atoms with E-state index in [1.165, 1.54) is 13.1 Å². The fraction of sp³-hybridized carbons (Fsp3) is 0.133. The number of carbonyl (C=O) groups excluding carboxylic acids is 1. The summed E-state index contributed by atoms with van der Waals surface area (Å²) < 4.78 is 27.9. The highest BCUT2D eigenvalue weighted by atomic mass is 32.2. The molecule has 1 aromatic carbocycles. The molecule has 0 aliphatic carbocycles. The number of likely N-dealkylation sites (N-methyl/N-ethyl adjacent to an activating group) is 1. The molecule has 0 saturated heterocycles. The smallest absolute Gasteiger partial charge is 0.264 e. The minimum atomic E-state index is -3.68. The Bertz CT molecular complexity index is 863. The maximum Gasteiger partial charge on any atom is 0.264 e. The number of Topliss-reactive ketones (excluding diaryl/α,β-unsaturated/α-hetero) is 1. The van der Waals surface area contributed by atoms with Gasteiger partial charge < -0.3 is 4.57 Å². The second kappa shape index (κ2) is 4.60. The number of ketones is 1. The van der Waals surface area contributed by atoms with Crippen LogP contribution >= 0.6 is 0 Å². The zero-order valence-electron chi connectivity index (χ0n) is 11.6. The molecule has 0 bridgehead atoms. The van der Waals surface area contributed by atoms with Crippen molar-refractivity contribution in [3.05, 3.63) is 59.5 Å². The first-order valence-electron chi connectivity index (χ1n) is 6.38. The zero-order valence-corrected chi connectivity index (χ0v) is 12.5. The number of sulfonamides is 1. The van der Waals surface area contributed by atoms with Gasteiger partial charge in [0.15, 0.2) is 0 Å². The average Bonchev–Trinajstić information content (AvgIpc) is 2.87. The molecule has 5 nitrogen and oxygen atoms in total. The first-order chi connectivity index (χ1) is 9.93. The fourth-order valence-electron chi connectivity index (χ4n) is 2.36. The Labute approximate surface area is 123 Å². The second-order valence-electron chi connectivity index (χ2n) is 4.87. The van der Waals surface area contributed by atoms with E-state index in [1.54, 1.807) is 24.3 Å². The number of fused-ring (bicyclic) bond motifs is 1. The van der Waals surface area contributed by atoms with Gasteiger partial charge in [0.1, 0.15) is 5.70 Å². The summed E-state index contributed by atoms with van der Waals surface area (Å²) in [7, 11) is -0.448. The minimum Gasteiger partial charge on any atom is -0.351 e. The van der Waals surface area contributed by atoms with Crippen molar-refractivity contribution < 1.29 is 13.2 Å². The van der Waals surface area contributed by atoms with E-state index >= 15 is 0 Å². The maximum atomic E-state index is 12.6. The largest absolute Gasteiger partial charge is 0.351 e. The molecule has 2 aromatic rings. The van der Waals surface area contributed by atoms with Crippen molar-refractivity contribution >= 4 is 21.9 Å². The van der Waals surface area contributed by atoms with Crippen LogP contribution in [0.5, 0.6) is 0 Å². The molecule has 0 N–H and O–H groups in total. The molecule has 1 aliphatic rings. The van der Waals surface area contributed by atoms with Crippen LogP contribution in [0.1, 0.15) is 16.1 Å². The summed E-state index contributed by atoms with van der Waals surface area (Å²) in [6.07, 6.45) is 3.43. The standard InChI is InChI=1S/C15H14N2O3S/c1-16-9-5-6-11(16)10-13-15(18)12-7-3-4-8-14(12)21(19,20)17(13)2/h3-10H,1-2H3. The van der Waals surface area contributed by atoms with E-state index in [4.69, 9.17) is 0 Å². The predicted octanol–water partition coefficient (Wildman–Crippen LogP) is 1.88. The van der Waals surface area contributed by atoms with Gasteiger partial charge in [-0.3, -0.25) is 9.10 Å². The molecule has 0 atom stereocenters. The predicted molar refractivity (Wildman–Crippen MR) is 79.1 cm³/mol. The van der Waals surface area contributed by atoms with Crippen LogP contribution in [0, 0.1) is 0 Å². The van der Waals surface area contributed by atoms with E-state index in [0.717, 1.165) is 10.00 Å². The van der Waals surface area contributed by atoms with Gasteiger partial charge in [0, 0.05) is 31.5 Å². The van der Waals surface area contributed by atoms with E-state index < -0.39 is 10.0 Å². The lowest BCUT2D eigenvalue weighted by Gasteiger charge is -2.27. The molecule has 21 heavy (non-hydrogen) atoms. The summed E-state index contributed by atoms with van der Waals surface area (Å²) in [5, 5.41) is 0. The Kier molecular flexibility index (Phi) is 2.98. The Morgan fingerprint density at radius 2 is 1.76 bits per heavy atom. The Morgan fingerprint density at radius 3 is 2.43 bits per heavy atom. The van der Waals surface area contributed by atoms with Gasteiger partial charge in [-0.1, -0.05) is 12.1 Å². The number of nitrogens with zero attached hydrogens (tertiary/aromatic N) is 2. The molecule has 1 aliphatic heterocycles. The molecule has 0 amide bonds. The van der Waals surface area contributed by atoms with E-state index in [0.29, 0.717) is 0 Å². The summed E-state index contributed by atoms with van der Waals surface area (Å²) in [5.74, 6) is -0.288. The van der Waals surface area contributed by atoms with Crippen molar-refractivity contribution in [2.24, 2.45) is 7.05 Å². The number of rotatable bonds is 1. The third-order valence-corrected chi connectivity index (χ3v) is 5.44. The van der Waals surface area contributed by atoms with Crippen molar-refractivity contribution in [1.29, 1.82) is 0 Å². The fourth-order valence-corrected chi connectivity index (χ4v) is 3.74. The summed E-state index contributed by atoms with van der Waals surface area (Å²) in [5.41, 5.74) is 1.13. The van der Waals surface area contributed by atoms with E-state index in [-0.39, 0.29) is 21.9 Å². The minimum absolute atomic E-state index is 0.0570. The lowest BCUT2D eigenvalue weighted by molar-refractivity contribution is 0.101. The lowest BCUT2D eigenvalue weighted by atomic mass is 10.1. The molecule has 3 rings (SSSR count). The van der Waals surface area contributed by atoms with Crippen molar-refractivity contribution in [2.45, 2.75) is 4.90 Å². The number of aryl methyl sites for hydroxylation is 1. The number of hydrogen-bond acceptors (Lipinski definition) is 3. The summed E-state index contributed by atoms with van der Waals surface area (Å²) in [4.78, 5) is 12.6. The third kappa shape index (κ3) is 1.99. The second-order valence-corrected chi connectivity index (χ2v) is 6.81. The van der Waals surface area contributed by atoms with Gasteiger partial charge in [0.25, 0.3) is 10.0 Å². The van der Waals surface area contributed by atoms with Crippen LogP contribution in [0.2, 0.25) is 0 Å². The molecule has 1 aromatic heterocycles. The highest BCUT2D eigenvalue weighted by molar-refractivity contribution is 7.89. The number of hydrogen-bond donors (Lipinski definition) is 0. The average molecular weight is 302 g/mol. The molecule has 108 valence electrons. The van der Waals surface area contributed by atoms with E-state index in [2.05, 4.69) is 0 Å². The van der Waals surface area contributed by atoms with Crippen LogP contribution in [0.3, 0.4) is 0 Å². The number of carbonyl (C=O) groups is 1. The van der Waals surface area contributed by atoms with Crippen molar-refractivity contribution in [2.75, 3.05) is 7.05 Å². The van der Waals surface area contributed by atoms with Gasteiger partial charge in [-0.15, -0.1) is 0 Å². The molecule has 2 heterocycles. The highest BCUT2D eigenvalue weighted by Crippen LogP contribution is 2.31. The van der Waals surface area contributed by atoms with Gasteiger partial charge in [0.05, 0.1) is 4.90 Å². The Morgan fingerprint density at radius 1 is 1.05 bits per heavy atom. The first kappa shape index (κ1) is 13.6. The summed E-state index contributed by atoms with van der Waals surface area (Å²) >= 11 is 0. The monoisotopic (exact) mass is 302 g/mol. The van der Waals surface area contributed by atoms with Gasteiger partial charge in [-0.25, -0.2) is 8.42 Å². The first-order valence-corrected chi connectivity index (χ1v) is 7.82. The Hall–Kier alpha value is -2.34. The van der Waals surface area contributed by atoms with Crippen LogP contribution in [0.15, 0.2) is 53.2 Å². The molecule has 0 fully saturated rings. The van der Waals surface area contributed by atoms with Crippen LogP contribution < -0.4 is 0 Å². The molecular weight excluding hydrogens is 288 g/mol. The van der Waals surface area contributed by atoms with Crippen LogP contribution in [0.4, 0.5) is 0 Å². The Balaban J connectivity index is 2.24. The van der Waals surface area contributed by atoms with Gasteiger partial charge in [-0.2, -0.15) is 0 Å². The van der Waals surface area contributed by atoms with Crippen molar-refractivity contribution in [3.63, 3.8) is 0 Å². The number of aromatic nitrogens is 1. The van der Waals surface area contributed by atoms with E-state index in [1.807, 2.05) is 29.9 Å². The van der Waals surface area contributed by atoms with E-state index in [9.17, 15) is 13.2 Å². The third-order valence-electron chi connectivity index (χ3n) is 3.61. The summed E-state index contributed by atoms with van der Waals surface area (Å²) in [6.45, 7) is 0. The molecule has 0 unspecified atom stereocenters. The normalized spacial score (nSPS) is 18.9. The molecular formula is C15H14N2O3S. The van der Waals surface area contributed by atoms with Crippen molar-refractivity contribution in [1.82, 2.24) is 8.87 Å². The van der Waals surface area contributed by atoms with Crippen LogP contribution in [-0.2, 0) is 17.1 Å². The van der Waals surface area contributed by atoms with Crippen LogP contribution in [-0.4, -0.2) is 30.1 Å². The van der Waals surface area contributed by atoms with Gasteiger partial charge in [-0.05, 0) is 30.3 Å². The molecule has 0 spiro atoms. The van der Waals surface area contributed by atoms with Gasteiger partial charge >= 0.3 is 0 Å². The quantitative estimate of drug-likeness (QED) is 0.756. The van der Waals surface area contributed by atoms with Gasteiger partial charge in [0.2, 0.25) is 5.78 Å². The maximum absolute atomic E-state index is 12.6. The SMILES string of the molecule is CN1C(=Cc2cccn2C)C(=O)c2ccccc2S1(=O)=O. The lowest BCUT2D eigenvalue weighted by Crippen LogP contribution is -2.36.